The number of nitriles is 1. The number of halogens is 3. The van der Waals surface area contributed by atoms with E-state index in [2.05, 4.69) is 10.3 Å². The van der Waals surface area contributed by atoms with Crippen molar-refractivity contribution in [1.82, 2.24) is 4.98 Å². The number of anilines is 1. The Labute approximate surface area is 185 Å². The Morgan fingerprint density at radius 2 is 1.90 bits per heavy atom. The molecule has 0 saturated carbocycles. The van der Waals surface area contributed by atoms with Crippen LogP contribution in [0.15, 0.2) is 47.8 Å². The summed E-state index contributed by atoms with van der Waals surface area (Å²) < 4.78 is 0. The summed E-state index contributed by atoms with van der Waals surface area (Å²) in [5, 5.41) is 15.3. The zero-order valence-corrected chi connectivity index (χ0v) is 17.7. The fraction of sp³-hybridized carbons (Fsp3) is 0.100. The molecule has 0 bridgehead atoms. The van der Waals surface area contributed by atoms with Crippen molar-refractivity contribution in [1.29, 1.82) is 5.26 Å². The molecular weight excluding hydrogens is 453 g/mol. The van der Waals surface area contributed by atoms with E-state index in [9.17, 15) is 14.9 Å². The monoisotopic (exact) mass is 463 g/mol. The van der Waals surface area contributed by atoms with Crippen LogP contribution in [0.5, 0.6) is 0 Å². The third-order valence-electron chi connectivity index (χ3n) is 3.91. The third kappa shape index (κ3) is 5.14. The number of hydrogen-bond donors (Lipinski definition) is 1. The van der Waals surface area contributed by atoms with Gasteiger partial charge in [0.25, 0.3) is 0 Å². The van der Waals surface area contributed by atoms with E-state index in [1.807, 2.05) is 18.2 Å². The number of aromatic nitrogens is 1. The first-order chi connectivity index (χ1) is 13.9. The number of ketones is 1. The van der Waals surface area contributed by atoms with Gasteiger partial charge in [-0.15, -0.1) is 11.3 Å². The van der Waals surface area contributed by atoms with E-state index in [1.165, 1.54) is 29.5 Å². The first-order valence-electron chi connectivity index (χ1n) is 8.26. The smallest absolute Gasteiger partial charge is 0.249 e. The summed E-state index contributed by atoms with van der Waals surface area (Å²) in [6.07, 6.45) is -0.152. The fourth-order valence-electron chi connectivity index (χ4n) is 2.50. The number of thiazole rings is 1. The lowest BCUT2D eigenvalue weighted by Gasteiger charge is -2.10. The molecule has 1 aromatic heterocycles. The predicted octanol–water partition coefficient (Wildman–Crippen LogP) is 5.66. The van der Waals surface area contributed by atoms with Crippen molar-refractivity contribution in [3.05, 3.63) is 68.6 Å². The Kier molecular flexibility index (Phi) is 6.88. The first kappa shape index (κ1) is 21.3. The van der Waals surface area contributed by atoms with Crippen molar-refractivity contribution in [2.24, 2.45) is 5.92 Å². The van der Waals surface area contributed by atoms with Gasteiger partial charge in [-0.05, 0) is 24.3 Å². The molecule has 0 radical (unpaired) electrons. The molecule has 0 spiro atoms. The Bertz CT molecular complexity index is 1120. The minimum atomic E-state index is -1.49. The lowest BCUT2D eigenvalue weighted by molar-refractivity contribution is -0.128. The summed E-state index contributed by atoms with van der Waals surface area (Å²) in [7, 11) is 0. The van der Waals surface area contributed by atoms with Gasteiger partial charge in [-0.3, -0.25) is 9.59 Å². The number of hydrogen-bond acceptors (Lipinski definition) is 5. The maximum absolute atomic E-state index is 12.5. The molecule has 0 fully saturated rings. The zero-order chi connectivity index (χ0) is 21.0. The number of Topliss-reactive ketones (excluding diaryl/α,β-unsaturated/α-hetero) is 1. The molecule has 9 heteroatoms. The second kappa shape index (κ2) is 9.38. The summed E-state index contributed by atoms with van der Waals surface area (Å²) in [5.74, 6) is -2.82. The minimum absolute atomic E-state index is 0.152. The normalized spacial score (nSPS) is 11.5. The Morgan fingerprint density at radius 1 is 1.14 bits per heavy atom. The molecule has 1 atom stereocenters. The first-order valence-corrected chi connectivity index (χ1v) is 10.3. The highest BCUT2D eigenvalue weighted by atomic mass is 35.5. The second-order valence-corrected chi connectivity index (χ2v) is 8.05. The van der Waals surface area contributed by atoms with Gasteiger partial charge in [0.2, 0.25) is 5.91 Å². The Morgan fingerprint density at radius 3 is 2.59 bits per heavy atom. The van der Waals surface area contributed by atoms with E-state index in [4.69, 9.17) is 34.8 Å². The molecule has 1 amide bonds. The van der Waals surface area contributed by atoms with Crippen molar-refractivity contribution in [2.45, 2.75) is 6.42 Å². The number of nitrogens with zero attached hydrogens (tertiary/aromatic N) is 2. The second-order valence-electron chi connectivity index (χ2n) is 5.94. The molecular formula is C20H12Cl3N3O2S. The van der Waals surface area contributed by atoms with Crippen LogP contribution in [-0.4, -0.2) is 16.7 Å². The Balaban J connectivity index is 1.71. The molecule has 29 heavy (non-hydrogen) atoms. The van der Waals surface area contributed by atoms with Gasteiger partial charge in [0.05, 0.1) is 33.9 Å². The van der Waals surface area contributed by atoms with Gasteiger partial charge in [0.1, 0.15) is 5.01 Å². The van der Waals surface area contributed by atoms with Gasteiger partial charge < -0.3 is 5.32 Å². The van der Waals surface area contributed by atoms with Crippen LogP contribution in [0.25, 0.3) is 10.6 Å². The van der Waals surface area contributed by atoms with Gasteiger partial charge >= 0.3 is 0 Å². The third-order valence-corrected chi connectivity index (χ3v) is 5.72. The van der Waals surface area contributed by atoms with Crippen LogP contribution in [-0.2, 0) is 16.0 Å². The molecule has 1 unspecified atom stereocenters. The lowest BCUT2D eigenvalue weighted by Crippen LogP contribution is -2.29. The van der Waals surface area contributed by atoms with Crippen LogP contribution in [0.1, 0.15) is 5.69 Å². The lowest BCUT2D eigenvalue weighted by atomic mass is 10.0. The molecule has 5 nitrogen and oxygen atoms in total. The van der Waals surface area contributed by atoms with E-state index >= 15 is 0 Å². The summed E-state index contributed by atoms with van der Waals surface area (Å²) in [5.41, 5.74) is 1.49. The van der Waals surface area contributed by atoms with Crippen molar-refractivity contribution in [2.75, 3.05) is 5.32 Å². The van der Waals surface area contributed by atoms with Crippen LogP contribution in [0, 0.1) is 17.2 Å². The number of carbonyl (C=O) groups is 2. The molecule has 0 aliphatic carbocycles. The van der Waals surface area contributed by atoms with E-state index < -0.39 is 17.6 Å². The van der Waals surface area contributed by atoms with E-state index in [0.717, 1.165) is 5.56 Å². The van der Waals surface area contributed by atoms with Crippen LogP contribution < -0.4 is 5.32 Å². The van der Waals surface area contributed by atoms with Crippen LogP contribution in [0.3, 0.4) is 0 Å². The quantitative estimate of drug-likeness (QED) is 0.477. The average molecular weight is 465 g/mol. The number of nitrogens with one attached hydrogen (secondary N) is 1. The highest BCUT2D eigenvalue weighted by Crippen LogP contribution is 2.30. The SMILES string of the molecule is N#CC(C(=O)Cc1csc(-c2ccccc2Cl)n1)C(=O)Nc1ccc(Cl)cc1Cl. The molecule has 146 valence electrons. The Hall–Kier alpha value is -2.43. The van der Waals surface area contributed by atoms with Crippen LogP contribution >= 0.6 is 46.1 Å². The van der Waals surface area contributed by atoms with Crippen molar-refractivity contribution >= 4 is 63.5 Å². The van der Waals surface area contributed by atoms with Crippen molar-refractivity contribution in [3.63, 3.8) is 0 Å². The van der Waals surface area contributed by atoms with Gasteiger partial charge in [-0.2, -0.15) is 5.26 Å². The number of benzene rings is 2. The molecule has 1 heterocycles. The van der Waals surface area contributed by atoms with Crippen LogP contribution in [0.4, 0.5) is 5.69 Å². The number of rotatable bonds is 6. The van der Waals surface area contributed by atoms with Gasteiger partial charge in [-0.25, -0.2) is 4.98 Å². The molecule has 2 aromatic carbocycles. The average Bonchev–Trinajstić information content (AvgIpc) is 3.13. The summed E-state index contributed by atoms with van der Waals surface area (Å²) in [6.45, 7) is 0. The largest absolute Gasteiger partial charge is 0.323 e. The number of carbonyl (C=O) groups excluding carboxylic acids is 2. The highest BCUT2D eigenvalue weighted by Gasteiger charge is 2.27. The standard InChI is InChI=1S/C20H12Cl3N3O2S/c21-11-5-6-17(16(23)7-11)26-19(28)14(9-24)18(27)8-12-10-29-20(25-12)13-3-1-2-4-15(13)22/h1-7,10,14H,8H2,(H,26,28). The van der Waals surface area contributed by atoms with Gasteiger partial charge in [0, 0.05) is 16.0 Å². The molecule has 0 saturated heterocycles. The molecule has 0 aliphatic heterocycles. The minimum Gasteiger partial charge on any atom is -0.323 e. The summed E-state index contributed by atoms with van der Waals surface area (Å²) in [4.78, 5) is 29.3. The predicted molar refractivity (Wildman–Crippen MR) is 115 cm³/mol. The molecule has 3 rings (SSSR count). The van der Waals surface area contributed by atoms with Crippen molar-refractivity contribution < 1.29 is 9.59 Å². The molecule has 3 aromatic rings. The van der Waals surface area contributed by atoms with Crippen molar-refractivity contribution in [3.8, 4) is 16.6 Å². The topological polar surface area (TPSA) is 82.8 Å². The molecule has 1 N–H and O–H groups in total. The maximum Gasteiger partial charge on any atom is 0.249 e. The highest BCUT2D eigenvalue weighted by molar-refractivity contribution is 7.13. The van der Waals surface area contributed by atoms with Gasteiger partial charge in [0.15, 0.2) is 11.7 Å². The molecule has 0 aliphatic rings. The van der Waals surface area contributed by atoms with E-state index in [0.29, 0.717) is 20.7 Å². The maximum atomic E-state index is 12.5. The van der Waals surface area contributed by atoms with Crippen LogP contribution in [0.2, 0.25) is 15.1 Å². The van der Waals surface area contributed by atoms with E-state index in [-0.39, 0.29) is 17.1 Å². The zero-order valence-electron chi connectivity index (χ0n) is 14.7. The number of amides is 1. The van der Waals surface area contributed by atoms with Gasteiger partial charge in [-0.1, -0.05) is 53.0 Å². The fourth-order valence-corrected chi connectivity index (χ4v) is 4.10. The summed E-state index contributed by atoms with van der Waals surface area (Å²) >= 11 is 19.3. The van der Waals surface area contributed by atoms with E-state index in [1.54, 1.807) is 17.5 Å². The summed E-state index contributed by atoms with van der Waals surface area (Å²) in [6, 6.07) is 13.5.